The fraction of sp³-hybridized carbons (Fsp3) is 0.227. The molecule has 1 unspecified atom stereocenters. The topological polar surface area (TPSA) is 51.9 Å². The summed E-state index contributed by atoms with van der Waals surface area (Å²) in [6.07, 6.45) is 1.69. The van der Waals surface area contributed by atoms with E-state index in [1.165, 1.54) is 5.56 Å². The van der Waals surface area contributed by atoms with Crippen LogP contribution in [0.3, 0.4) is 0 Å². The molecule has 0 radical (unpaired) electrons. The minimum Gasteiger partial charge on any atom is -0.350 e. The number of pyridine rings is 1. The second kappa shape index (κ2) is 6.68. The first kappa shape index (κ1) is 16.3. The van der Waals surface area contributed by atoms with Gasteiger partial charge in [-0.3, -0.25) is 5.32 Å². The van der Waals surface area contributed by atoms with E-state index in [-0.39, 0.29) is 24.5 Å². The van der Waals surface area contributed by atoms with Crippen molar-refractivity contribution in [2.45, 2.75) is 31.5 Å². The van der Waals surface area contributed by atoms with E-state index < -0.39 is 0 Å². The van der Waals surface area contributed by atoms with Crippen molar-refractivity contribution < 1.29 is 9.10 Å². The smallest absolute Gasteiger partial charge is 0.345 e. The van der Waals surface area contributed by atoms with Gasteiger partial charge in [-0.25, -0.2) is 0 Å². The third-order valence-corrected chi connectivity index (χ3v) is 5.12. The lowest BCUT2D eigenvalue weighted by atomic mass is 10.0. The number of benzene rings is 2. The van der Waals surface area contributed by atoms with Crippen LogP contribution in [0.1, 0.15) is 42.1 Å². The van der Waals surface area contributed by atoms with E-state index in [1.54, 1.807) is 0 Å². The zero-order valence-electron chi connectivity index (χ0n) is 15.1. The van der Waals surface area contributed by atoms with Gasteiger partial charge in [0.25, 0.3) is 6.17 Å². The lowest BCUT2D eigenvalue weighted by Gasteiger charge is -2.14. The minimum absolute atomic E-state index is 0.0570. The van der Waals surface area contributed by atoms with Crippen molar-refractivity contribution in [3.05, 3.63) is 101 Å². The number of fused-ring (bicyclic) bond motifs is 1. The van der Waals surface area contributed by atoms with Gasteiger partial charge in [-0.2, -0.15) is 0 Å². The molecule has 0 bridgehead atoms. The standard InChI is InChI=1S/C22H21N4O/c1-15-20(16-7-3-2-4-8-16)27-22(23-15)18-12-10-17(11-13-18)21-24-19-9-5-6-14-26(19)25-21/h2-15,20-23H,1H3/q+1/t15-,20-,21?,22-/m0/s1. The molecule has 2 aliphatic heterocycles. The van der Waals surface area contributed by atoms with Gasteiger partial charge in [0.05, 0.1) is 0 Å². The quantitative estimate of drug-likeness (QED) is 0.733. The largest absolute Gasteiger partial charge is 0.350 e. The highest BCUT2D eigenvalue weighted by atomic mass is 16.5. The Labute approximate surface area is 157 Å². The van der Waals surface area contributed by atoms with Gasteiger partial charge >= 0.3 is 5.49 Å². The monoisotopic (exact) mass is 357 g/mol. The van der Waals surface area contributed by atoms with E-state index in [4.69, 9.17) is 4.74 Å². The lowest BCUT2D eigenvalue weighted by molar-refractivity contribution is -0.560. The molecule has 2 aliphatic rings. The Kier molecular flexibility index (Phi) is 4.03. The van der Waals surface area contributed by atoms with E-state index >= 15 is 0 Å². The Hall–Kier alpha value is -2.89. The number of nitrogens with zero attached hydrogens (tertiary/aromatic N) is 3. The first-order chi connectivity index (χ1) is 13.3. The number of ether oxygens (including phenoxy) is 1. The summed E-state index contributed by atoms with van der Waals surface area (Å²) in [5, 5.41) is 8.16. The van der Waals surface area contributed by atoms with Gasteiger partial charge < -0.3 is 4.74 Å². The molecule has 4 atom stereocenters. The third kappa shape index (κ3) is 3.05. The molecular weight excluding hydrogens is 336 g/mol. The molecule has 0 amide bonds. The highest BCUT2D eigenvalue weighted by Gasteiger charge is 2.33. The molecule has 1 aromatic heterocycles. The van der Waals surface area contributed by atoms with Crippen molar-refractivity contribution in [3.8, 4) is 0 Å². The van der Waals surface area contributed by atoms with Crippen LogP contribution in [0, 0.1) is 0 Å². The number of rotatable bonds is 3. The Morgan fingerprint density at radius 3 is 2.37 bits per heavy atom. The molecule has 1 saturated heterocycles. The molecule has 3 heterocycles. The Balaban J connectivity index is 1.35. The highest BCUT2D eigenvalue weighted by molar-refractivity contribution is 5.28. The van der Waals surface area contributed by atoms with Crippen molar-refractivity contribution in [2.24, 2.45) is 10.1 Å². The number of hydrogen-bond acceptors (Lipinski definition) is 4. The van der Waals surface area contributed by atoms with Gasteiger partial charge in [0.2, 0.25) is 0 Å². The molecule has 134 valence electrons. The summed E-state index contributed by atoms with van der Waals surface area (Å²) in [4.78, 5) is 4.66. The van der Waals surface area contributed by atoms with E-state index in [9.17, 15) is 0 Å². The zero-order chi connectivity index (χ0) is 18.2. The van der Waals surface area contributed by atoms with Crippen LogP contribution in [-0.2, 0) is 4.74 Å². The lowest BCUT2D eigenvalue weighted by Crippen LogP contribution is -2.32. The average Bonchev–Trinajstić information content (AvgIpc) is 3.32. The fourth-order valence-corrected chi connectivity index (χ4v) is 3.69. The Morgan fingerprint density at radius 2 is 1.59 bits per heavy atom. The predicted octanol–water partition coefficient (Wildman–Crippen LogP) is 3.09. The summed E-state index contributed by atoms with van der Waals surface area (Å²) in [6, 6.07) is 24.9. The molecule has 5 nitrogen and oxygen atoms in total. The van der Waals surface area contributed by atoms with Gasteiger partial charge in [-0.1, -0.05) is 65.8 Å². The molecule has 2 aromatic carbocycles. The molecule has 0 saturated carbocycles. The summed E-state index contributed by atoms with van der Waals surface area (Å²) >= 11 is 0. The third-order valence-electron chi connectivity index (χ3n) is 5.12. The van der Waals surface area contributed by atoms with Crippen LogP contribution < -0.4 is 15.2 Å². The van der Waals surface area contributed by atoms with Crippen LogP contribution in [0.4, 0.5) is 0 Å². The van der Waals surface area contributed by atoms with E-state index in [2.05, 4.69) is 70.9 Å². The Morgan fingerprint density at radius 1 is 0.852 bits per heavy atom. The van der Waals surface area contributed by atoms with Gasteiger partial charge in [-0.05, 0) is 29.1 Å². The first-order valence-electron chi connectivity index (χ1n) is 9.27. The first-order valence-corrected chi connectivity index (χ1v) is 9.27. The fourth-order valence-electron chi connectivity index (χ4n) is 3.69. The summed E-state index contributed by atoms with van der Waals surface area (Å²) < 4.78 is 8.13. The van der Waals surface area contributed by atoms with Gasteiger partial charge in [0.1, 0.15) is 18.5 Å². The molecule has 1 N–H and O–H groups in total. The van der Waals surface area contributed by atoms with E-state index in [0.717, 1.165) is 16.6 Å². The van der Waals surface area contributed by atoms with Crippen molar-refractivity contribution in [1.29, 1.82) is 0 Å². The summed E-state index contributed by atoms with van der Waals surface area (Å²) in [5.41, 5.74) is 4.28. The van der Waals surface area contributed by atoms with Crippen LogP contribution in [-0.4, -0.2) is 6.04 Å². The maximum Gasteiger partial charge on any atom is 0.345 e. The Bertz CT molecular complexity index is 1030. The van der Waals surface area contributed by atoms with E-state index in [1.807, 2.05) is 34.8 Å². The number of aromatic nitrogens is 1. The van der Waals surface area contributed by atoms with Gasteiger partial charge in [0, 0.05) is 17.7 Å². The van der Waals surface area contributed by atoms with Crippen molar-refractivity contribution in [3.63, 3.8) is 0 Å². The molecule has 5 heteroatoms. The normalized spacial score (nSPS) is 26.3. The van der Waals surface area contributed by atoms with Gasteiger partial charge in [-0.15, -0.1) is 4.36 Å². The van der Waals surface area contributed by atoms with Crippen LogP contribution in [0.5, 0.6) is 0 Å². The number of nitrogens with one attached hydrogen (secondary N) is 1. The van der Waals surface area contributed by atoms with Gasteiger partial charge in [0.15, 0.2) is 0 Å². The maximum absolute atomic E-state index is 6.30. The van der Waals surface area contributed by atoms with E-state index in [0.29, 0.717) is 0 Å². The second-order valence-electron chi connectivity index (χ2n) is 6.99. The molecule has 27 heavy (non-hydrogen) atoms. The molecule has 0 aliphatic carbocycles. The average molecular weight is 357 g/mol. The molecule has 1 fully saturated rings. The second-order valence-corrected chi connectivity index (χ2v) is 6.99. The SMILES string of the molecule is C[C@@H]1N[C@H](c2ccc(C3N=c4cccc[n+]4=N3)cc2)O[C@@H]1c1ccccc1. The summed E-state index contributed by atoms with van der Waals surface area (Å²) in [6.45, 7) is 2.16. The van der Waals surface area contributed by atoms with Crippen molar-refractivity contribution in [2.75, 3.05) is 0 Å². The molecule has 3 aromatic rings. The highest BCUT2D eigenvalue weighted by Crippen LogP contribution is 2.35. The zero-order valence-corrected chi connectivity index (χ0v) is 15.1. The minimum atomic E-state index is -0.185. The molecule has 5 rings (SSSR count). The van der Waals surface area contributed by atoms with Crippen LogP contribution in [0.2, 0.25) is 0 Å². The van der Waals surface area contributed by atoms with Crippen molar-refractivity contribution in [1.82, 2.24) is 5.32 Å². The summed E-state index contributed by atoms with van der Waals surface area (Å²) in [5.74, 6) is 0. The van der Waals surface area contributed by atoms with Crippen LogP contribution >= 0.6 is 0 Å². The van der Waals surface area contributed by atoms with Crippen molar-refractivity contribution >= 4 is 0 Å². The van der Waals surface area contributed by atoms with Crippen LogP contribution in [0.25, 0.3) is 0 Å². The predicted molar refractivity (Wildman–Crippen MR) is 100 cm³/mol. The number of hydrogen-bond donors (Lipinski definition) is 1. The molecule has 0 spiro atoms. The molecular formula is C22H21N4O+. The summed E-state index contributed by atoms with van der Waals surface area (Å²) in [7, 11) is 0. The maximum atomic E-state index is 6.30. The van der Waals surface area contributed by atoms with Crippen LogP contribution in [0.15, 0.2) is 89.1 Å².